The zero-order valence-electron chi connectivity index (χ0n) is 14.4. The summed E-state index contributed by atoms with van der Waals surface area (Å²) in [5.41, 5.74) is 1.56. The predicted octanol–water partition coefficient (Wildman–Crippen LogP) is 2.19. The summed E-state index contributed by atoms with van der Waals surface area (Å²) in [6, 6.07) is 11.6. The van der Waals surface area contributed by atoms with Crippen LogP contribution in [-0.2, 0) is 0 Å². The Morgan fingerprint density at radius 2 is 1.96 bits per heavy atom. The number of anilines is 1. The average Bonchev–Trinajstić information content (AvgIpc) is 3.29. The maximum atomic E-state index is 11.3. The molecule has 132 valence electrons. The first-order chi connectivity index (χ1) is 12.1. The molecule has 6 heteroatoms. The summed E-state index contributed by atoms with van der Waals surface area (Å²) < 4.78 is 5.64. The Morgan fingerprint density at radius 1 is 1.24 bits per heavy atom. The van der Waals surface area contributed by atoms with Crippen LogP contribution in [0.1, 0.15) is 41.9 Å². The Balaban J connectivity index is 1.57. The minimum absolute atomic E-state index is 0.0575. The molecular formula is C19H24N3O2S+. The number of likely N-dealkylation sites (tertiary alicyclic amines) is 1. The van der Waals surface area contributed by atoms with E-state index in [0.29, 0.717) is 10.7 Å². The van der Waals surface area contributed by atoms with Crippen molar-refractivity contribution in [2.75, 3.05) is 25.0 Å². The van der Waals surface area contributed by atoms with Crippen molar-refractivity contribution in [3.63, 3.8) is 0 Å². The standard InChI is InChI=1S/C19H23N3O2S/c1-14(23)15-6-8-16(9-7-15)21-19(25)20-13-17(18-5-4-12-24-18)22-10-2-3-11-22/h4-9,12,17H,2-3,10-11,13H2,1H3,(H2,20,21,25)/p+1/t17-/m1/s1. The van der Waals surface area contributed by atoms with Gasteiger partial charge >= 0.3 is 0 Å². The van der Waals surface area contributed by atoms with Gasteiger partial charge in [0.05, 0.1) is 25.9 Å². The number of nitrogens with one attached hydrogen (secondary N) is 3. The highest BCUT2D eigenvalue weighted by Gasteiger charge is 2.29. The molecule has 0 unspecified atom stereocenters. The molecule has 2 heterocycles. The molecule has 0 saturated carbocycles. The van der Waals surface area contributed by atoms with Crippen LogP contribution < -0.4 is 15.5 Å². The monoisotopic (exact) mass is 358 g/mol. The van der Waals surface area contributed by atoms with Crippen LogP contribution in [0, 0.1) is 0 Å². The van der Waals surface area contributed by atoms with E-state index in [-0.39, 0.29) is 11.8 Å². The minimum Gasteiger partial charge on any atom is -0.463 e. The molecule has 3 rings (SSSR count). The molecule has 1 aromatic heterocycles. The molecule has 1 aliphatic heterocycles. The van der Waals surface area contributed by atoms with Crippen LogP contribution in [-0.4, -0.2) is 30.5 Å². The molecule has 25 heavy (non-hydrogen) atoms. The molecule has 1 aliphatic rings. The van der Waals surface area contributed by atoms with Gasteiger partial charge in [-0.05, 0) is 55.5 Å². The maximum Gasteiger partial charge on any atom is 0.171 e. The van der Waals surface area contributed by atoms with Crippen LogP contribution in [0.2, 0.25) is 0 Å². The fourth-order valence-corrected chi connectivity index (χ4v) is 3.47. The Hall–Kier alpha value is -2.18. The summed E-state index contributed by atoms with van der Waals surface area (Å²) in [6.07, 6.45) is 4.25. The summed E-state index contributed by atoms with van der Waals surface area (Å²) in [5, 5.41) is 7.05. The zero-order valence-corrected chi connectivity index (χ0v) is 15.2. The van der Waals surface area contributed by atoms with Gasteiger partial charge in [0, 0.05) is 24.1 Å². The minimum atomic E-state index is 0.0575. The number of quaternary nitrogens is 1. The fraction of sp³-hybridized carbons (Fsp3) is 0.368. The van der Waals surface area contributed by atoms with E-state index in [1.165, 1.54) is 30.8 Å². The van der Waals surface area contributed by atoms with Gasteiger partial charge in [-0.15, -0.1) is 0 Å². The van der Waals surface area contributed by atoms with Crippen molar-refractivity contribution in [3.05, 3.63) is 54.0 Å². The molecule has 1 saturated heterocycles. The largest absolute Gasteiger partial charge is 0.463 e. The lowest BCUT2D eigenvalue weighted by molar-refractivity contribution is -0.919. The van der Waals surface area contributed by atoms with Crippen LogP contribution in [0.5, 0.6) is 0 Å². The molecule has 0 aliphatic carbocycles. The summed E-state index contributed by atoms with van der Waals surface area (Å²) in [5.74, 6) is 1.06. The van der Waals surface area contributed by atoms with Crippen molar-refractivity contribution in [3.8, 4) is 0 Å². The van der Waals surface area contributed by atoms with Gasteiger partial charge in [0.25, 0.3) is 0 Å². The van der Waals surface area contributed by atoms with E-state index < -0.39 is 0 Å². The summed E-state index contributed by atoms with van der Waals surface area (Å²) in [6.45, 7) is 4.61. The molecular weight excluding hydrogens is 334 g/mol. The molecule has 0 radical (unpaired) electrons. The van der Waals surface area contributed by atoms with E-state index in [1.807, 2.05) is 24.3 Å². The lowest BCUT2D eigenvalue weighted by Gasteiger charge is -2.23. The number of carbonyl (C=O) groups is 1. The second-order valence-electron chi connectivity index (χ2n) is 6.40. The van der Waals surface area contributed by atoms with Gasteiger partial charge in [-0.25, -0.2) is 0 Å². The normalized spacial score (nSPS) is 15.7. The summed E-state index contributed by atoms with van der Waals surface area (Å²) in [4.78, 5) is 12.9. The van der Waals surface area contributed by atoms with Crippen molar-refractivity contribution in [1.29, 1.82) is 0 Å². The zero-order chi connectivity index (χ0) is 17.6. The third-order valence-corrected chi connectivity index (χ3v) is 4.89. The summed E-state index contributed by atoms with van der Waals surface area (Å²) in [7, 11) is 0. The van der Waals surface area contributed by atoms with Crippen LogP contribution in [0.15, 0.2) is 47.1 Å². The van der Waals surface area contributed by atoms with Gasteiger partial charge in [0.15, 0.2) is 22.7 Å². The van der Waals surface area contributed by atoms with Crippen LogP contribution in [0.25, 0.3) is 0 Å². The Kier molecular flexibility index (Phi) is 5.83. The second kappa shape index (κ2) is 8.27. The van der Waals surface area contributed by atoms with Gasteiger partial charge in [0.1, 0.15) is 0 Å². The molecule has 2 aromatic rings. The van der Waals surface area contributed by atoms with Crippen molar-refractivity contribution >= 4 is 28.8 Å². The van der Waals surface area contributed by atoms with E-state index in [1.54, 1.807) is 25.3 Å². The Labute approximate surface area is 153 Å². The molecule has 1 atom stereocenters. The number of ketones is 1. The Bertz CT molecular complexity index is 707. The first-order valence-electron chi connectivity index (χ1n) is 8.67. The highest BCUT2D eigenvalue weighted by atomic mass is 32.1. The second-order valence-corrected chi connectivity index (χ2v) is 6.81. The van der Waals surface area contributed by atoms with Crippen LogP contribution in [0.3, 0.4) is 0 Å². The molecule has 5 nitrogen and oxygen atoms in total. The highest BCUT2D eigenvalue weighted by molar-refractivity contribution is 7.80. The lowest BCUT2D eigenvalue weighted by Crippen LogP contribution is -3.11. The van der Waals surface area contributed by atoms with Crippen molar-refractivity contribution in [2.45, 2.75) is 25.8 Å². The molecule has 0 amide bonds. The van der Waals surface area contributed by atoms with E-state index in [4.69, 9.17) is 16.6 Å². The lowest BCUT2D eigenvalue weighted by atomic mass is 10.1. The van der Waals surface area contributed by atoms with Gasteiger partial charge < -0.3 is 20.0 Å². The van der Waals surface area contributed by atoms with Gasteiger partial charge in [-0.1, -0.05) is 0 Å². The van der Waals surface area contributed by atoms with Crippen LogP contribution >= 0.6 is 12.2 Å². The van der Waals surface area contributed by atoms with E-state index in [9.17, 15) is 4.79 Å². The number of hydrogen-bond donors (Lipinski definition) is 3. The molecule has 0 spiro atoms. The number of Topliss-reactive ketones (excluding diaryl/α,β-unsaturated/α-hetero) is 1. The van der Waals surface area contributed by atoms with Gasteiger partial charge in [0.2, 0.25) is 0 Å². The fourth-order valence-electron chi connectivity index (χ4n) is 3.27. The molecule has 1 fully saturated rings. The predicted molar refractivity (Wildman–Crippen MR) is 102 cm³/mol. The summed E-state index contributed by atoms with van der Waals surface area (Å²) >= 11 is 5.41. The number of hydrogen-bond acceptors (Lipinski definition) is 3. The smallest absolute Gasteiger partial charge is 0.171 e. The third-order valence-electron chi connectivity index (χ3n) is 4.64. The molecule has 1 aromatic carbocycles. The van der Waals surface area contributed by atoms with Crippen molar-refractivity contribution < 1.29 is 14.1 Å². The van der Waals surface area contributed by atoms with E-state index >= 15 is 0 Å². The Morgan fingerprint density at radius 3 is 2.56 bits per heavy atom. The third kappa shape index (κ3) is 4.67. The number of thiocarbonyl (C=S) groups is 1. The van der Waals surface area contributed by atoms with Crippen molar-refractivity contribution in [2.24, 2.45) is 0 Å². The topological polar surface area (TPSA) is 58.7 Å². The van der Waals surface area contributed by atoms with Gasteiger partial charge in [-0.2, -0.15) is 0 Å². The number of benzene rings is 1. The first-order valence-corrected chi connectivity index (χ1v) is 9.08. The maximum absolute atomic E-state index is 11.3. The molecule has 3 N–H and O–H groups in total. The highest BCUT2D eigenvalue weighted by Crippen LogP contribution is 2.12. The SMILES string of the molecule is CC(=O)c1ccc(NC(=S)NC[C@H](c2ccco2)[NH+]2CCCC2)cc1. The van der Waals surface area contributed by atoms with E-state index in [2.05, 4.69) is 10.6 Å². The average molecular weight is 358 g/mol. The first kappa shape index (κ1) is 17.6. The quantitative estimate of drug-likeness (QED) is 0.546. The number of furan rings is 1. The van der Waals surface area contributed by atoms with E-state index in [0.717, 1.165) is 18.0 Å². The molecule has 0 bridgehead atoms. The number of carbonyl (C=O) groups excluding carboxylic acids is 1. The van der Waals surface area contributed by atoms with Crippen molar-refractivity contribution in [1.82, 2.24) is 5.32 Å². The van der Waals surface area contributed by atoms with Gasteiger partial charge in [-0.3, -0.25) is 4.79 Å². The van der Waals surface area contributed by atoms with Crippen LogP contribution in [0.4, 0.5) is 5.69 Å². The number of rotatable bonds is 6.